The van der Waals surface area contributed by atoms with E-state index < -0.39 is 24.1 Å². The standard InChI is InChI=1S/C21H29N3O3.C4H6O6/c25-21(24-12-14-26-15-13-24)7-5-17-4-6-20(22-16-17)27-19-8-10-23(11-9-19)18-2-1-3-18;5-1(3(7)8)2(6)4(9)10/h4-7,16,18-19H,1-3,8-15H2;1-2,5-6H,(H,7,8)(H,9,10)/b7-5+;/t;1-,2-/m.1/s1. The molecule has 1 aromatic rings. The van der Waals surface area contributed by atoms with E-state index in [9.17, 15) is 14.4 Å². The Bertz CT molecular complexity index is 904. The lowest BCUT2D eigenvalue weighted by molar-refractivity contribution is -0.165. The third kappa shape index (κ3) is 8.78. The van der Waals surface area contributed by atoms with E-state index in [1.54, 1.807) is 17.2 Å². The third-order valence-corrected chi connectivity index (χ3v) is 6.66. The minimum Gasteiger partial charge on any atom is -0.479 e. The van der Waals surface area contributed by atoms with Gasteiger partial charge in [-0.3, -0.25) is 4.79 Å². The maximum atomic E-state index is 12.1. The number of aliphatic hydroxyl groups excluding tert-OH is 2. The van der Waals surface area contributed by atoms with Crippen molar-refractivity contribution < 1.29 is 44.3 Å². The van der Waals surface area contributed by atoms with E-state index in [0.29, 0.717) is 32.2 Å². The number of aromatic nitrogens is 1. The minimum atomic E-state index is -2.27. The molecule has 2 aliphatic heterocycles. The summed E-state index contributed by atoms with van der Waals surface area (Å²) in [7, 11) is 0. The van der Waals surface area contributed by atoms with Gasteiger partial charge in [0, 0.05) is 50.6 Å². The van der Waals surface area contributed by atoms with Gasteiger partial charge in [0.05, 0.1) is 13.2 Å². The molecular formula is C25H35N3O9. The summed E-state index contributed by atoms with van der Waals surface area (Å²) in [4.78, 5) is 40.5. The van der Waals surface area contributed by atoms with Gasteiger partial charge in [-0.1, -0.05) is 6.42 Å². The lowest BCUT2D eigenvalue weighted by atomic mass is 9.90. The van der Waals surface area contributed by atoms with Crippen LogP contribution in [0.3, 0.4) is 0 Å². The average Bonchev–Trinajstić information content (AvgIpc) is 2.88. The zero-order valence-corrected chi connectivity index (χ0v) is 20.6. The molecule has 0 radical (unpaired) electrons. The smallest absolute Gasteiger partial charge is 0.335 e. The van der Waals surface area contributed by atoms with Crippen molar-refractivity contribution >= 4 is 23.9 Å². The van der Waals surface area contributed by atoms with E-state index >= 15 is 0 Å². The number of rotatable bonds is 8. The lowest BCUT2D eigenvalue weighted by Gasteiger charge is -2.41. The quantitative estimate of drug-likeness (QED) is 0.345. The second-order valence-electron chi connectivity index (χ2n) is 9.20. The summed E-state index contributed by atoms with van der Waals surface area (Å²) in [5.41, 5.74) is 0.906. The normalized spacial score (nSPS) is 20.9. The fraction of sp³-hybridized carbons (Fsp3) is 0.600. The summed E-state index contributed by atoms with van der Waals surface area (Å²) in [6.07, 6.45) is 7.21. The summed E-state index contributed by atoms with van der Waals surface area (Å²) >= 11 is 0. The van der Waals surface area contributed by atoms with Crippen LogP contribution in [0.5, 0.6) is 5.88 Å². The Morgan fingerprint density at radius 1 is 0.973 bits per heavy atom. The van der Waals surface area contributed by atoms with Crippen LogP contribution in [0.25, 0.3) is 6.08 Å². The number of carboxylic acid groups (broad SMARTS) is 2. The number of carbonyl (C=O) groups excluding carboxylic acids is 1. The van der Waals surface area contributed by atoms with Gasteiger partial charge >= 0.3 is 11.9 Å². The number of morpholine rings is 1. The molecule has 3 fully saturated rings. The molecule has 12 heteroatoms. The number of piperidine rings is 1. The molecule has 1 saturated carbocycles. The summed E-state index contributed by atoms with van der Waals surface area (Å²) in [6.45, 7) is 4.83. The number of carboxylic acids is 2. The maximum absolute atomic E-state index is 12.1. The van der Waals surface area contributed by atoms with Crippen LogP contribution >= 0.6 is 0 Å². The molecule has 1 amide bonds. The molecule has 3 heterocycles. The van der Waals surface area contributed by atoms with Gasteiger partial charge in [-0.05, 0) is 43.4 Å². The Labute approximate surface area is 215 Å². The van der Waals surface area contributed by atoms with Crippen molar-refractivity contribution in [3.63, 3.8) is 0 Å². The molecule has 0 unspecified atom stereocenters. The Morgan fingerprint density at radius 3 is 2.08 bits per heavy atom. The molecule has 1 aliphatic carbocycles. The van der Waals surface area contributed by atoms with Gasteiger partial charge in [-0.2, -0.15) is 0 Å². The number of aliphatic carboxylic acids is 2. The van der Waals surface area contributed by atoms with Crippen LogP contribution in [-0.2, 0) is 19.1 Å². The molecule has 0 spiro atoms. The van der Waals surface area contributed by atoms with Crippen LogP contribution in [0, 0.1) is 0 Å². The highest BCUT2D eigenvalue weighted by Crippen LogP contribution is 2.28. The molecule has 12 nitrogen and oxygen atoms in total. The number of nitrogens with zero attached hydrogens (tertiary/aromatic N) is 3. The van der Waals surface area contributed by atoms with Crippen molar-refractivity contribution in [2.45, 2.75) is 56.5 Å². The highest BCUT2D eigenvalue weighted by molar-refractivity contribution is 5.91. The molecule has 4 N–H and O–H groups in total. The molecular weight excluding hydrogens is 486 g/mol. The first-order chi connectivity index (χ1) is 17.7. The van der Waals surface area contributed by atoms with Crippen molar-refractivity contribution in [1.82, 2.24) is 14.8 Å². The zero-order chi connectivity index (χ0) is 26.8. The SMILES string of the molecule is O=C(/C=C/c1ccc(OC2CCN(C3CCC3)CC2)nc1)N1CCOCC1.O=C(O)[C@H](O)[C@@H](O)C(=O)O. The van der Waals surface area contributed by atoms with Crippen molar-refractivity contribution in [3.05, 3.63) is 30.0 Å². The first-order valence-corrected chi connectivity index (χ1v) is 12.5. The topological polar surface area (TPSA) is 170 Å². The van der Waals surface area contributed by atoms with Crippen molar-refractivity contribution in [2.75, 3.05) is 39.4 Å². The van der Waals surface area contributed by atoms with Crippen LogP contribution in [-0.4, -0.2) is 117 Å². The van der Waals surface area contributed by atoms with Gasteiger partial charge < -0.3 is 39.7 Å². The molecule has 2 saturated heterocycles. The summed E-state index contributed by atoms with van der Waals surface area (Å²) in [5.74, 6) is -2.84. The Hall–Kier alpha value is -3.06. The zero-order valence-electron chi connectivity index (χ0n) is 20.6. The highest BCUT2D eigenvalue weighted by atomic mass is 16.5. The summed E-state index contributed by atoms with van der Waals surface area (Å²) < 4.78 is 11.3. The van der Waals surface area contributed by atoms with Gasteiger partial charge in [0.2, 0.25) is 11.8 Å². The van der Waals surface area contributed by atoms with Crippen LogP contribution in [0.4, 0.5) is 0 Å². The van der Waals surface area contributed by atoms with Crippen molar-refractivity contribution in [1.29, 1.82) is 0 Å². The average molecular weight is 522 g/mol. The van der Waals surface area contributed by atoms with E-state index in [-0.39, 0.29) is 12.0 Å². The van der Waals surface area contributed by atoms with Gasteiger partial charge in [0.25, 0.3) is 0 Å². The van der Waals surface area contributed by atoms with E-state index in [1.807, 2.05) is 18.2 Å². The number of hydrogen-bond acceptors (Lipinski definition) is 9. The largest absolute Gasteiger partial charge is 0.479 e. The predicted molar refractivity (Wildman–Crippen MR) is 131 cm³/mol. The molecule has 1 aromatic heterocycles. The monoisotopic (exact) mass is 521 g/mol. The molecule has 3 aliphatic rings. The lowest BCUT2D eigenvalue weighted by Crippen LogP contribution is -2.46. The molecule has 0 bridgehead atoms. The maximum Gasteiger partial charge on any atom is 0.335 e. The fourth-order valence-corrected chi connectivity index (χ4v) is 4.17. The predicted octanol–water partition coefficient (Wildman–Crippen LogP) is 0.227. The Morgan fingerprint density at radius 2 is 1.59 bits per heavy atom. The number of likely N-dealkylation sites (tertiary alicyclic amines) is 1. The molecule has 204 valence electrons. The van der Waals surface area contributed by atoms with E-state index in [4.69, 9.17) is 29.9 Å². The summed E-state index contributed by atoms with van der Waals surface area (Å²) in [5, 5.41) is 32.5. The first-order valence-electron chi connectivity index (χ1n) is 12.5. The molecule has 2 atom stereocenters. The second-order valence-corrected chi connectivity index (χ2v) is 9.20. The van der Waals surface area contributed by atoms with Crippen LogP contribution in [0.2, 0.25) is 0 Å². The Kier molecular flexibility index (Phi) is 10.8. The van der Waals surface area contributed by atoms with Gasteiger partial charge in [-0.25, -0.2) is 14.6 Å². The first kappa shape index (κ1) is 28.5. The molecule has 0 aromatic carbocycles. The van der Waals surface area contributed by atoms with Crippen molar-refractivity contribution in [2.24, 2.45) is 0 Å². The third-order valence-electron chi connectivity index (χ3n) is 6.66. The van der Waals surface area contributed by atoms with Gasteiger partial charge in [-0.15, -0.1) is 0 Å². The summed E-state index contributed by atoms with van der Waals surface area (Å²) in [6, 6.07) is 4.68. The van der Waals surface area contributed by atoms with E-state index in [2.05, 4.69) is 9.88 Å². The van der Waals surface area contributed by atoms with Gasteiger partial charge in [0.1, 0.15) is 6.10 Å². The Balaban J connectivity index is 0.000000325. The molecule has 4 rings (SSSR count). The number of hydrogen-bond donors (Lipinski definition) is 4. The second kappa shape index (κ2) is 14.0. The molecule has 37 heavy (non-hydrogen) atoms. The van der Waals surface area contributed by atoms with E-state index in [1.165, 1.54) is 19.3 Å². The highest BCUT2D eigenvalue weighted by Gasteiger charge is 2.30. The van der Waals surface area contributed by atoms with Crippen LogP contribution < -0.4 is 4.74 Å². The number of aliphatic hydroxyl groups is 2. The number of ether oxygens (including phenoxy) is 2. The number of carbonyl (C=O) groups is 3. The van der Waals surface area contributed by atoms with Crippen molar-refractivity contribution in [3.8, 4) is 5.88 Å². The van der Waals surface area contributed by atoms with Crippen LogP contribution in [0.1, 0.15) is 37.7 Å². The van der Waals surface area contributed by atoms with Gasteiger partial charge in [0.15, 0.2) is 12.2 Å². The number of amides is 1. The minimum absolute atomic E-state index is 0.0249. The van der Waals surface area contributed by atoms with Crippen LogP contribution in [0.15, 0.2) is 24.4 Å². The number of pyridine rings is 1. The fourth-order valence-electron chi connectivity index (χ4n) is 4.17. The van der Waals surface area contributed by atoms with E-state index in [0.717, 1.165) is 37.5 Å².